The normalized spacial score (nSPS) is 17.2. The Morgan fingerprint density at radius 1 is 1.16 bits per heavy atom. The fraction of sp³-hybridized carbons (Fsp3) is 0.579. The molecule has 25 heavy (non-hydrogen) atoms. The first-order chi connectivity index (χ1) is 11.6. The SMILES string of the molecule is CC[P+]1(O)CCN(C(=O)Cc2ccc(C(=O)OC(C)(C)C)cc2)CC1. The second-order valence-electron chi connectivity index (χ2n) is 7.61. The van der Waals surface area contributed by atoms with Crippen molar-refractivity contribution in [2.45, 2.75) is 39.7 Å². The Hall–Kier alpha value is -1.45. The average Bonchev–Trinajstić information content (AvgIpc) is 2.54. The third-order valence-corrected chi connectivity index (χ3v) is 7.70. The summed E-state index contributed by atoms with van der Waals surface area (Å²) in [6, 6.07) is 7.01. The zero-order chi connectivity index (χ0) is 18.7. The standard InChI is InChI=1S/C19H29NO4P/c1-5-25(23)12-10-20(11-13-25)17(21)14-15-6-8-16(9-7-15)18(22)24-19(2,3)4/h6-9,23H,5,10-14H2,1-4H3/q+1. The Bertz CT molecular complexity index is 613. The van der Waals surface area contributed by atoms with Crippen LogP contribution in [-0.4, -0.2) is 58.8 Å². The Morgan fingerprint density at radius 3 is 2.20 bits per heavy atom. The van der Waals surface area contributed by atoms with Crippen molar-refractivity contribution in [1.29, 1.82) is 0 Å². The summed E-state index contributed by atoms with van der Waals surface area (Å²) in [5.74, 6) is -0.281. The minimum atomic E-state index is -1.78. The van der Waals surface area contributed by atoms with Gasteiger partial charge in [0.2, 0.25) is 5.91 Å². The molecule has 0 bridgehead atoms. The molecule has 1 heterocycles. The van der Waals surface area contributed by atoms with Crippen molar-refractivity contribution in [3.8, 4) is 0 Å². The van der Waals surface area contributed by atoms with Gasteiger partial charge in [-0.2, -0.15) is 0 Å². The molecule has 2 rings (SSSR count). The Balaban J connectivity index is 1.91. The van der Waals surface area contributed by atoms with Gasteiger partial charge in [0.1, 0.15) is 25.4 Å². The number of ether oxygens (including phenoxy) is 1. The minimum Gasteiger partial charge on any atom is -0.456 e. The molecule has 1 aromatic carbocycles. The number of esters is 1. The molecule has 0 spiro atoms. The summed E-state index contributed by atoms with van der Waals surface area (Å²) < 4.78 is 5.34. The largest absolute Gasteiger partial charge is 0.456 e. The van der Waals surface area contributed by atoms with E-state index in [-0.39, 0.29) is 11.9 Å². The van der Waals surface area contributed by atoms with Crippen LogP contribution in [0.25, 0.3) is 0 Å². The number of nitrogens with zero attached hydrogens (tertiary/aromatic N) is 1. The smallest absolute Gasteiger partial charge is 0.338 e. The van der Waals surface area contributed by atoms with Crippen LogP contribution < -0.4 is 0 Å². The molecule has 0 atom stereocenters. The van der Waals surface area contributed by atoms with Gasteiger partial charge in [-0.15, -0.1) is 0 Å². The fourth-order valence-corrected chi connectivity index (χ4v) is 4.87. The number of benzene rings is 1. The van der Waals surface area contributed by atoms with Crippen LogP contribution in [0.5, 0.6) is 0 Å². The van der Waals surface area contributed by atoms with Gasteiger partial charge in [0.15, 0.2) is 0 Å². The summed E-state index contributed by atoms with van der Waals surface area (Å²) in [6.07, 6.45) is 2.64. The molecule has 0 aromatic heterocycles. The van der Waals surface area contributed by atoms with E-state index < -0.39 is 13.1 Å². The van der Waals surface area contributed by atoms with E-state index in [1.807, 2.05) is 32.6 Å². The molecule has 0 unspecified atom stereocenters. The zero-order valence-electron chi connectivity index (χ0n) is 15.6. The van der Waals surface area contributed by atoms with Crippen molar-refractivity contribution in [2.75, 3.05) is 31.6 Å². The molecule has 1 aliphatic heterocycles. The third kappa shape index (κ3) is 5.79. The summed E-state index contributed by atoms with van der Waals surface area (Å²) in [4.78, 5) is 36.7. The summed E-state index contributed by atoms with van der Waals surface area (Å²) in [7, 11) is -1.78. The fourth-order valence-electron chi connectivity index (χ4n) is 2.79. The average molecular weight is 366 g/mol. The highest BCUT2D eigenvalue weighted by Gasteiger charge is 2.39. The van der Waals surface area contributed by atoms with E-state index in [0.717, 1.165) is 24.0 Å². The molecule has 1 saturated heterocycles. The van der Waals surface area contributed by atoms with E-state index >= 15 is 0 Å². The number of amides is 1. The molecule has 6 heteroatoms. The molecule has 1 amide bonds. The number of carbonyl (C=O) groups excluding carboxylic acids is 2. The molecule has 0 saturated carbocycles. The third-order valence-electron chi connectivity index (χ3n) is 4.46. The Labute approximate surface area is 150 Å². The molecule has 1 aliphatic rings. The maximum absolute atomic E-state index is 12.4. The molecule has 138 valence electrons. The highest BCUT2D eigenvalue weighted by Crippen LogP contribution is 2.55. The van der Waals surface area contributed by atoms with Crippen LogP contribution in [0, 0.1) is 0 Å². The quantitative estimate of drug-likeness (QED) is 0.657. The van der Waals surface area contributed by atoms with E-state index in [1.54, 1.807) is 24.3 Å². The lowest BCUT2D eigenvalue weighted by Gasteiger charge is -2.32. The van der Waals surface area contributed by atoms with Gasteiger partial charge in [0, 0.05) is 0 Å². The van der Waals surface area contributed by atoms with Crippen LogP contribution in [0.2, 0.25) is 0 Å². The molecule has 1 aromatic rings. The van der Waals surface area contributed by atoms with Gasteiger partial charge >= 0.3 is 5.97 Å². The first kappa shape index (κ1) is 19.9. The first-order valence-corrected chi connectivity index (χ1v) is 11.1. The van der Waals surface area contributed by atoms with Gasteiger partial charge in [-0.05, 0) is 45.4 Å². The molecule has 0 aliphatic carbocycles. The summed E-state index contributed by atoms with van der Waals surface area (Å²) in [5.41, 5.74) is 0.841. The van der Waals surface area contributed by atoms with E-state index in [0.29, 0.717) is 25.1 Å². The van der Waals surface area contributed by atoms with Crippen LogP contribution in [0.1, 0.15) is 43.6 Å². The number of hydrogen-bond donors (Lipinski definition) is 1. The summed E-state index contributed by atoms with van der Waals surface area (Å²) in [6.45, 7) is 8.81. The van der Waals surface area contributed by atoms with Crippen LogP contribution in [0.4, 0.5) is 0 Å². The zero-order valence-corrected chi connectivity index (χ0v) is 16.5. The maximum atomic E-state index is 12.4. The van der Waals surface area contributed by atoms with Gasteiger partial charge in [-0.25, -0.2) is 4.79 Å². The minimum absolute atomic E-state index is 0.0763. The summed E-state index contributed by atoms with van der Waals surface area (Å²) in [5, 5.41) is 0. The molecule has 1 fully saturated rings. The lowest BCUT2D eigenvalue weighted by Crippen LogP contribution is -2.41. The van der Waals surface area contributed by atoms with E-state index in [2.05, 4.69) is 0 Å². The molecule has 0 radical (unpaired) electrons. The second-order valence-corrected chi connectivity index (χ2v) is 11.3. The van der Waals surface area contributed by atoms with E-state index in [1.165, 1.54) is 0 Å². The number of carbonyl (C=O) groups is 2. The van der Waals surface area contributed by atoms with Gasteiger partial charge in [0.25, 0.3) is 0 Å². The van der Waals surface area contributed by atoms with Gasteiger partial charge in [-0.1, -0.05) is 12.1 Å². The van der Waals surface area contributed by atoms with Crippen LogP contribution in [0.15, 0.2) is 24.3 Å². The van der Waals surface area contributed by atoms with Gasteiger partial charge in [0.05, 0.1) is 31.2 Å². The highest BCUT2D eigenvalue weighted by molar-refractivity contribution is 7.70. The lowest BCUT2D eigenvalue weighted by atomic mass is 10.1. The number of hydrogen-bond acceptors (Lipinski definition) is 4. The van der Waals surface area contributed by atoms with Crippen molar-refractivity contribution in [3.05, 3.63) is 35.4 Å². The van der Waals surface area contributed by atoms with Crippen molar-refractivity contribution in [1.82, 2.24) is 4.90 Å². The molecular formula is C19H29NO4P+. The van der Waals surface area contributed by atoms with Crippen LogP contribution >= 0.6 is 7.49 Å². The van der Waals surface area contributed by atoms with Gasteiger partial charge in [-0.3, -0.25) is 9.69 Å². The highest BCUT2D eigenvalue weighted by atomic mass is 31.2. The predicted octanol–water partition coefficient (Wildman–Crippen LogP) is 2.97. The van der Waals surface area contributed by atoms with Crippen LogP contribution in [0.3, 0.4) is 0 Å². The monoisotopic (exact) mass is 366 g/mol. The first-order valence-electron chi connectivity index (χ1n) is 8.81. The Morgan fingerprint density at radius 2 is 1.72 bits per heavy atom. The Kier molecular flexibility index (Phi) is 6.23. The van der Waals surface area contributed by atoms with Crippen LogP contribution in [-0.2, 0) is 16.0 Å². The second kappa shape index (κ2) is 7.84. The van der Waals surface area contributed by atoms with Crippen molar-refractivity contribution in [2.24, 2.45) is 0 Å². The molecular weight excluding hydrogens is 337 g/mol. The number of rotatable bonds is 4. The van der Waals surface area contributed by atoms with E-state index in [9.17, 15) is 14.5 Å². The lowest BCUT2D eigenvalue weighted by molar-refractivity contribution is -0.130. The predicted molar refractivity (Wildman–Crippen MR) is 101 cm³/mol. The maximum Gasteiger partial charge on any atom is 0.338 e. The summed E-state index contributed by atoms with van der Waals surface area (Å²) >= 11 is 0. The van der Waals surface area contributed by atoms with Crippen molar-refractivity contribution in [3.63, 3.8) is 0 Å². The molecule has 5 nitrogen and oxygen atoms in total. The van der Waals surface area contributed by atoms with Crippen molar-refractivity contribution >= 4 is 19.4 Å². The van der Waals surface area contributed by atoms with Crippen molar-refractivity contribution < 1.29 is 19.2 Å². The molecule has 1 N–H and O–H groups in total. The van der Waals surface area contributed by atoms with E-state index in [4.69, 9.17) is 4.74 Å². The van der Waals surface area contributed by atoms with Gasteiger partial charge < -0.3 is 9.64 Å². The topological polar surface area (TPSA) is 66.8 Å².